The monoisotopic (exact) mass is 426 g/mol. The number of nitrogens with zero attached hydrogens (tertiary/aromatic N) is 6. The zero-order chi connectivity index (χ0) is 20.4. The molecule has 0 saturated heterocycles. The summed E-state index contributed by atoms with van der Waals surface area (Å²) in [6.45, 7) is 3.91. The minimum Gasteiger partial charge on any atom is -0.494 e. The van der Waals surface area contributed by atoms with Crippen LogP contribution in [0.25, 0.3) is 10.8 Å². The van der Waals surface area contributed by atoms with Crippen molar-refractivity contribution in [1.82, 2.24) is 29.8 Å². The largest absolute Gasteiger partial charge is 0.494 e. The lowest BCUT2D eigenvalue weighted by Gasteiger charge is -2.09. The Hall–Kier alpha value is -2.98. The second kappa shape index (κ2) is 8.18. The van der Waals surface area contributed by atoms with Crippen LogP contribution >= 0.6 is 23.1 Å². The molecule has 4 aromatic rings. The van der Waals surface area contributed by atoms with Crippen molar-refractivity contribution in [2.24, 2.45) is 0 Å². The van der Waals surface area contributed by atoms with Crippen molar-refractivity contribution in [3.8, 4) is 16.6 Å². The van der Waals surface area contributed by atoms with Gasteiger partial charge in [0.2, 0.25) is 5.16 Å². The number of thiazole rings is 1. The maximum Gasteiger partial charge on any atom is 0.214 e. The molecule has 29 heavy (non-hydrogen) atoms. The number of methoxy groups -OCH3 is 1. The van der Waals surface area contributed by atoms with E-state index in [4.69, 9.17) is 4.74 Å². The van der Waals surface area contributed by atoms with E-state index >= 15 is 0 Å². The number of aromatic nitrogens is 6. The summed E-state index contributed by atoms with van der Waals surface area (Å²) in [5, 5.41) is 15.2. The third-order valence-corrected chi connectivity index (χ3v) is 6.10. The number of ether oxygens (including phenoxy) is 1. The van der Waals surface area contributed by atoms with Gasteiger partial charge in [0.25, 0.3) is 0 Å². The van der Waals surface area contributed by atoms with Crippen LogP contribution in [0.4, 0.5) is 0 Å². The van der Waals surface area contributed by atoms with Gasteiger partial charge in [0.05, 0.1) is 12.9 Å². The second-order valence-electron chi connectivity index (χ2n) is 6.19. The molecular formula is C19H18N6O2S2. The van der Waals surface area contributed by atoms with Gasteiger partial charge in [0.1, 0.15) is 11.4 Å². The molecule has 0 amide bonds. The smallest absolute Gasteiger partial charge is 0.214 e. The summed E-state index contributed by atoms with van der Waals surface area (Å²) in [6, 6.07) is 9.36. The van der Waals surface area contributed by atoms with Gasteiger partial charge < -0.3 is 4.74 Å². The molecular weight excluding hydrogens is 408 g/mol. The van der Waals surface area contributed by atoms with Crippen LogP contribution < -0.4 is 4.74 Å². The molecule has 0 saturated carbocycles. The molecule has 0 aliphatic carbocycles. The molecule has 8 nitrogen and oxygen atoms in total. The van der Waals surface area contributed by atoms with E-state index in [-0.39, 0.29) is 11.5 Å². The predicted molar refractivity (Wildman–Crippen MR) is 112 cm³/mol. The third kappa shape index (κ3) is 3.68. The van der Waals surface area contributed by atoms with Crippen LogP contribution in [0.5, 0.6) is 5.75 Å². The second-order valence-corrected chi connectivity index (χ2v) is 8.01. The van der Waals surface area contributed by atoms with E-state index in [0.717, 1.165) is 22.2 Å². The number of tetrazole rings is 1. The molecule has 0 aliphatic heterocycles. The Labute approximate surface area is 175 Å². The first kappa shape index (κ1) is 19.3. The summed E-state index contributed by atoms with van der Waals surface area (Å²) in [5.74, 6) is 0.887. The first-order valence-corrected chi connectivity index (χ1v) is 10.6. The van der Waals surface area contributed by atoms with E-state index in [9.17, 15) is 4.79 Å². The van der Waals surface area contributed by atoms with Gasteiger partial charge in [-0.2, -0.15) is 4.68 Å². The fourth-order valence-electron chi connectivity index (χ4n) is 3.10. The zero-order valence-electron chi connectivity index (χ0n) is 16.1. The average molecular weight is 427 g/mol. The number of carbonyl (C=O) groups is 1. The number of rotatable bonds is 7. The van der Waals surface area contributed by atoms with Crippen molar-refractivity contribution in [2.45, 2.75) is 19.0 Å². The fraction of sp³-hybridized carbons (Fsp3) is 0.211. The highest BCUT2D eigenvalue weighted by Gasteiger charge is 2.20. The maximum absolute atomic E-state index is 12.9. The van der Waals surface area contributed by atoms with Crippen molar-refractivity contribution in [1.29, 1.82) is 0 Å². The quantitative estimate of drug-likeness (QED) is 0.330. The first-order valence-electron chi connectivity index (χ1n) is 8.76. The van der Waals surface area contributed by atoms with Crippen LogP contribution in [-0.2, 0) is 0 Å². The van der Waals surface area contributed by atoms with Crippen LogP contribution in [0.1, 0.15) is 21.7 Å². The number of aryl methyl sites for hydroxylation is 1. The lowest BCUT2D eigenvalue weighted by atomic mass is 10.2. The van der Waals surface area contributed by atoms with Crippen molar-refractivity contribution in [3.63, 3.8) is 0 Å². The number of para-hydroxylation sites is 2. The maximum atomic E-state index is 12.9. The average Bonchev–Trinajstić information content (AvgIpc) is 3.47. The molecule has 4 rings (SSSR count). The normalized spacial score (nSPS) is 11.0. The van der Waals surface area contributed by atoms with Crippen LogP contribution in [0, 0.1) is 13.8 Å². The van der Waals surface area contributed by atoms with E-state index in [1.165, 1.54) is 23.1 Å². The van der Waals surface area contributed by atoms with Gasteiger partial charge in [-0.15, -0.1) is 16.4 Å². The molecule has 3 heterocycles. The van der Waals surface area contributed by atoms with Crippen molar-refractivity contribution in [2.75, 3.05) is 12.9 Å². The van der Waals surface area contributed by atoms with Crippen LogP contribution in [-0.4, -0.2) is 48.4 Å². The van der Waals surface area contributed by atoms with Gasteiger partial charge in [-0.25, -0.2) is 4.98 Å². The van der Waals surface area contributed by atoms with E-state index in [1.54, 1.807) is 18.0 Å². The number of carbonyl (C=O) groups excluding carboxylic acids is 1. The highest BCUT2D eigenvalue weighted by atomic mass is 32.2. The minimum atomic E-state index is 0.0143. The van der Waals surface area contributed by atoms with Gasteiger partial charge in [0.15, 0.2) is 10.9 Å². The van der Waals surface area contributed by atoms with E-state index in [0.29, 0.717) is 16.5 Å². The Balaban J connectivity index is 1.55. The van der Waals surface area contributed by atoms with Gasteiger partial charge >= 0.3 is 0 Å². The lowest BCUT2D eigenvalue weighted by Crippen LogP contribution is -2.07. The molecule has 1 aromatic carbocycles. The van der Waals surface area contributed by atoms with Crippen molar-refractivity contribution >= 4 is 28.9 Å². The number of Topliss-reactive ketones (excluding diaryl/α,β-unsaturated/α-hetero) is 1. The number of ketones is 1. The first-order chi connectivity index (χ1) is 14.1. The summed E-state index contributed by atoms with van der Waals surface area (Å²) in [7, 11) is 1.59. The van der Waals surface area contributed by atoms with E-state index in [2.05, 4.69) is 20.5 Å². The summed E-state index contributed by atoms with van der Waals surface area (Å²) in [5.41, 5.74) is 3.26. The highest BCUT2D eigenvalue weighted by Crippen LogP contribution is 2.27. The summed E-state index contributed by atoms with van der Waals surface area (Å²) < 4.78 is 8.97. The predicted octanol–water partition coefficient (Wildman–Crippen LogP) is 3.51. The van der Waals surface area contributed by atoms with Gasteiger partial charge in [-0.05, 0) is 42.5 Å². The molecule has 0 aliphatic rings. The summed E-state index contributed by atoms with van der Waals surface area (Å²) in [4.78, 5) is 17.3. The Morgan fingerprint density at radius 1 is 1.28 bits per heavy atom. The molecule has 0 radical (unpaired) electrons. The topological polar surface area (TPSA) is 87.7 Å². The van der Waals surface area contributed by atoms with Crippen molar-refractivity contribution < 1.29 is 9.53 Å². The van der Waals surface area contributed by atoms with Gasteiger partial charge in [0, 0.05) is 28.5 Å². The fourth-order valence-corrected chi connectivity index (χ4v) is 4.62. The SMILES string of the molecule is COc1ccccc1-n1nnnc1SCC(=O)c1cc(C)n(-c2nccs2)c1C. The molecule has 0 bridgehead atoms. The molecule has 148 valence electrons. The molecule has 10 heteroatoms. The van der Waals surface area contributed by atoms with E-state index < -0.39 is 0 Å². The molecule has 0 fully saturated rings. The standard InChI is InChI=1S/C19H18N6O2S2/c1-12-10-14(13(2)24(12)18-20-8-9-28-18)16(26)11-29-19-21-22-23-25(19)15-6-4-5-7-17(15)27-3/h4-10H,11H2,1-3H3. The molecule has 0 N–H and O–H groups in total. The molecule has 0 atom stereocenters. The lowest BCUT2D eigenvalue weighted by molar-refractivity contribution is 0.102. The van der Waals surface area contributed by atoms with Gasteiger partial charge in [-0.1, -0.05) is 23.9 Å². The van der Waals surface area contributed by atoms with Crippen molar-refractivity contribution in [3.05, 3.63) is 58.9 Å². The Morgan fingerprint density at radius 3 is 2.86 bits per heavy atom. The van der Waals surface area contributed by atoms with Crippen LogP contribution in [0.3, 0.4) is 0 Å². The Kier molecular flexibility index (Phi) is 5.45. The highest BCUT2D eigenvalue weighted by molar-refractivity contribution is 7.99. The van der Waals surface area contributed by atoms with E-state index in [1.807, 2.05) is 54.1 Å². The zero-order valence-corrected chi connectivity index (χ0v) is 17.7. The molecule has 0 spiro atoms. The Morgan fingerprint density at radius 2 is 2.10 bits per heavy atom. The van der Waals surface area contributed by atoms with Crippen LogP contribution in [0.2, 0.25) is 0 Å². The molecule has 0 unspecified atom stereocenters. The number of hydrogen-bond acceptors (Lipinski definition) is 8. The number of thioether (sulfide) groups is 1. The Bertz CT molecular complexity index is 1150. The molecule has 3 aromatic heterocycles. The summed E-state index contributed by atoms with van der Waals surface area (Å²) >= 11 is 2.83. The van der Waals surface area contributed by atoms with Crippen LogP contribution in [0.15, 0.2) is 47.1 Å². The summed E-state index contributed by atoms with van der Waals surface area (Å²) in [6.07, 6.45) is 1.76. The van der Waals surface area contributed by atoms with Gasteiger partial charge in [-0.3, -0.25) is 9.36 Å². The number of benzene rings is 1. The third-order valence-electron chi connectivity index (χ3n) is 4.43. The number of hydrogen-bond donors (Lipinski definition) is 0. The minimum absolute atomic E-state index is 0.0143.